The summed E-state index contributed by atoms with van der Waals surface area (Å²) in [5.41, 5.74) is 1.37. The minimum absolute atomic E-state index is 0.422. The normalized spacial score (nSPS) is 20.6. The first-order chi connectivity index (χ1) is 10.2. The zero-order valence-electron chi connectivity index (χ0n) is 13.8. The third kappa shape index (κ3) is 5.01. The molecule has 2 unspecified atom stereocenters. The third-order valence-corrected chi connectivity index (χ3v) is 4.18. The summed E-state index contributed by atoms with van der Waals surface area (Å²) in [5, 5.41) is 3.70. The van der Waals surface area contributed by atoms with Crippen LogP contribution in [0.5, 0.6) is 5.75 Å². The van der Waals surface area contributed by atoms with Crippen molar-refractivity contribution < 1.29 is 4.74 Å². The van der Waals surface area contributed by atoms with Crippen LogP contribution in [-0.4, -0.2) is 37.7 Å². The van der Waals surface area contributed by atoms with Crippen LogP contribution in [0.2, 0.25) is 0 Å². The van der Waals surface area contributed by atoms with E-state index < -0.39 is 0 Å². The van der Waals surface area contributed by atoms with Crippen molar-refractivity contribution in [2.45, 2.75) is 39.7 Å². The molecule has 1 saturated heterocycles. The Labute approximate surface area is 129 Å². The zero-order chi connectivity index (χ0) is 15.1. The number of hydrogen-bond donors (Lipinski definition) is 1. The van der Waals surface area contributed by atoms with Crippen molar-refractivity contribution in [1.29, 1.82) is 0 Å². The maximum Gasteiger partial charge on any atom is 0.119 e. The molecule has 0 spiro atoms. The van der Waals surface area contributed by atoms with Gasteiger partial charge in [-0.15, -0.1) is 0 Å². The van der Waals surface area contributed by atoms with Crippen molar-refractivity contribution in [3.63, 3.8) is 0 Å². The number of nitrogens with zero attached hydrogens (tertiary/aromatic N) is 1. The summed E-state index contributed by atoms with van der Waals surface area (Å²) < 4.78 is 5.54. The minimum atomic E-state index is 0.422. The molecule has 3 nitrogen and oxygen atoms in total. The van der Waals surface area contributed by atoms with Gasteiger partial charge in [-0.1, -0.05) is 26.0 Å². The highest BCUT2D eigenvalue weighted by molar-refractivity contribution is 5.29. The number of ether oxygens (including phenoxy) is 1. The molecule has 2 rings (SSSR count). The van der Waals surface area contributed by atoms with Crippen molar-refractivity contribution in [3.05, 3.63) is 29.8 Å². The number of hydrogen-bond acceptors (Lipinski definition) is 3. The van der Waals surface area contributed by atoms with Gasteiger partial charge in [-0.2, -0.15) is 0 Å². The summed E-state index contributed by atoms with van der Waals surface area (Å²) in [4.78, 5) is 2.59. The minimum Gasteiger partial charge on any atom is -0.494 e. The average Bonchev–Trinajstić information content (AvgIpc) is 2.90. The molecule has 2 atom stereocenters. The van der Waals surface area contributed by atoms with Gasteiger partial charge < -0.3 is 15.0 Å². The van der Waals surface area contributed by atoms with Gasteiger partial charge in [0.05, 0.1) is 6.61 Å². The highest BCUT2D eigenvalue weighted by Gasteiger charge is 2.22. The topological polar surface area (TPSA) is 24.5 Å². The fourth-order valence-electron chi connectivity index (χ4n) is 3.02. The lowest BCUT2D eigenvalue weighted by Crippen LogP contribution is -2.34. The fraction of sp³-hybridized carbons (Fsp3) is 0.667. The van der Waals surface area contributed by atoms with Crippen molar-refractivity contribution >= 4 is 0 Å². The number of rotatable bonds is 8. The van der Waals surface area contributed by atoms with Gasteiger partial charge in [-0.3, -0.25) is 0 Å². The Morgan fingerprint density at radius 1 is 1.29 bits per heavy atom. The molecule has 118 valence electrons. The number of likely N-dealkylation sites (tertiary alicyclic amines) is 1. The molecule has 1 fully saturated rings. The van der Waals surface area contributed by atoms with Crippen LogP contribution in [0.25, 0.3) is 0 Å². The summed E-state index contributed by atoms with van der Waals surface area (Å²) in [6.07, 6.45) is 2.51. The van der Waals surface area contributed by atoms with E-state index in [0.717, 1.165) is 31.4 Å². The summed E-state index contributed by atoms with van der Waals surface area (Å²) in [6.45, 7) is 12.0. The van der Waals surface area contributed by atoms with E-state index in [1.807, 2.05) is 6.92 Å². The lowest BCUT2D eigenvalue weighted by molar-refractivity contribution is 0.284. The molecule has 3 heteroatoms. The van der Waals surface area contributed by atoms with E-state index in [9.17, 15) is 0 Å². The van der Waals surface area contributed by atoms with E-state index in [1.165, 1.54) is 31.5 Å². The molecule has 0 aromatic heterocycles. The summed E-state index contributed by atoms with van der Waals surface area (Å²) in [6, 6.07) is 9.01. The molecule has 1 aliphatic rings. The number of benzene rings is 1. The number of nitrogens with one attached hydrogen (secondary N) is 1. The molecule has 1 aromatic carbocycles. The third-order valence-electron chi connectivity index (χ3n) is 4.18. The molecule has 0 bridgehead atoms. The Hall–Kier alpha value is -1.06. The van der Waals surface area contributed by atoms with E-state index >= 15 is 0 Å². The van der Waals surface area contributed by atoms with Gasteiger partial charge in [0.15, 0.2) is 0 Å². The molecule has 1 aliphatic heterocycles. The SMILES string of the molecule is CCCNC(CN1CCC(C)C1)c1ccc(OCC)cc1. The van der Waals surface area contributed by atoms with Gasteiger partial charge in [-0.05, 0) is 56.5 Å². The largest absolute Gasteiger partial charge is 0.494 e. The van der Waals surface area contributed by atoms with Crippen LogP contribution in [0.4, 0.5) is 0 Å². The van der Waals surface area contributed by atoms with Gasteiger partial charge >= 0.3 is 0 Å². The second kappa shape index (κ2) is 8.40. The molecule has 0 aliphatic carbocycles. The predicted octanol–water partition coefficient (Wildman–Crippen LogP) is 3.47. The van der Waals surface area contributed by atoms with E-state index in [2.05, 4.69) is 48.3 Å². The smallest absolute Gasteiger partial charge is 0.119 e. The first-order valence-corrected chi connectivity index (χ1v) is 8.41. The van der Waals surface area contributed by atoms with Gasteiger partial charge in [0.25, 0.3) is 0 Å². The van der Waals surface area contributed by atoms with Crippen molar-refractivity contribution in [1.82, 2.24) is 10.2 Å². The van der Waals surface area contributed by atoms with Crippen LogP contribution < -0.4 is 10.1 Å². The molecule has 0 saturated carbocycles. The Morgan fingerprint density at radius 3 is 2.62 bits per heavy atom. The molecule has 1 aromatic rings. The molecule has 1 heterocycles. The van der Waals surface area contributed by atoms with E-state index in [1.54, 1.807) is 0 Å². The first-order valence-electron chi connectivity index (χ1n) is 8.41. The second-order valence-corrected chi connectivity index (χ2v) is 6.16. The molecule has 0 radical (unpaired) electrons. The van der Waals surface area contributed by atoms with Crippen molar-refractivity contribution in [3.8, 4) is 5.75 Å². The Kier molecular flexibility index (Phi) is 6.52. The fourth-order valence-corrected chi connectivity index (χ4v) is 3.02. The van der Waals surface area contributed by atoms with Crippen LogP contribution in [-0.2, 0) is 0 Å². The van der Waals surface area contributed by atoms with Gasteiger partial charge in [-0.25, -0.2) is 0 Å². The monoisotopic (exact) mass is 290 g/mol. The quantitative estimate of drug-likeness (QED) is 0.793. The Balaban J connectivity index is 2.00. The van der Waals surface area contributed by atoms with Gasteiger partial charge in [0.2, 0.25) is 0 Å². The second-order valence-electron chi connectivity index (χ2n) is 6.16. The summed E-state index contributed by atoms with van der Waals surface area (Å²) >= 11 is 0. The standard InChI is InChI=1S/C18H30N2O/c1-4-11-19-18(14-20-12-10-15(3)13-20)16-6-8-17(9-7-16)21-5-2/h6-9,15,18-19H,4-5,10-14H2,1-3H3. The molecule has 0 amide bonds. The van der Waals surface area contributed by atoms with Gasteiger partial charge in [0.1, 0.15) is 5.75 Å². The molecule has 21 heavy (non-hydrogen) atoms. The molecular formula is C18H30N2O. The maximum atomic E-state index is 5.54. The van der Waals surface area contributed by atoms with Gasteiger partial charge in [0, 0.05) is 19.1 Å². The van der Waals surface area contributed by atoms with Crippen LogP contribution in [0.15, 0.2) is 24.3 Å². The predicted molar refractivity (Wildman–Crippen MR) is 88.9 cm³/mol. The Bertz CT molecular complexity index is 404. The summed E-state index contributed by atoms with van der Waals surface area (Å²) in [7, 11) is 0. The summed E-state index contributed by atoms with van der Waals surface area (Å²) in [5.74, 6) is 1.81. The highest BCUT2D eigenvalue weighted by atomic mass is 16.5. The van der Waals surface area contributed by atoms with E-state index in [0.29, 0.717) is 6.04 Å². The molecule has 1 N–H and O–H groups in total. The van der Waals surface area contributed by atoms with Crippen molar-refractivity contribution in [2.24, 2.45) is 5.92 Å². The first kappa shape index (κ1) is 16.3. The van der Waals surface area contributed by atoms with Crippen LogP contribution in [0.1, 0.15) is 45.2 Å². The highest BCUT2D eigenvalue weighted by Crippen LogP contribution is 2.22. The lowest BCUT2D eigenvalue weighted by Gasteiger charge is -2.25. The van der Waals surface area contributed by atoms with Crippen LogP contribution in [0, 0.1) is 5.92 Å². The maximum absolute atomic E-state index is 5.54. The van der Waals surface area contributed by atoms with Crippen molar-refractivity contribution in [2.75, 3.05) is 32.8 Å². The van der Waals surface area contributed by atoms with Crippen LogP contribution >= 0.6 is 0 Å². The van der Waals surface area contributed by atoms with E-state index in [-0.39, 0.29) is 0 Å². The molecular weight excluding hydrogens is 260 g/mol. The lowest BCUT2D eigenvalue weighted by atomic mass is 10.1. The zero-order valence-corrected chi connectivity index (χ0v) is 13.8. The average molecular weight is 290 g/mol. The van der Waals surface area contributed by atoms with E-state index in [4.69, 9.17) is 4.74 Å². The Morgan fingerprint density at radius 2 is 2.05 bits per heavy atom. The van der Waals surface area contributed by atoms with Crippen LogP contribution in [0.3, 0.4) is 0 Å².